The molecular formula is C15H17NO3S. The summed E-state index contributed by atoms with van der Waals surface area (Å²) in [6.45, 7) is 7.04. The van der Waals surface area contributed by atoms with Gasteiger partial charge in [-0.3, -0.25) is 4.79 Å². The van der Waals surface area contributed by atoms with E-state index in [0.717, 1.165) is 34.6 Å². The van der Waals surface area contributed by atoms with Gasteiger partial charge in [0.1, 0.15) is 11.5 Å². The van der Waals surface area contributed by atoms with Crippen molar-refractivity contribution >= 4 is 17.6 Å². The zero-order chi connectivity index (χ0) is 14.5. The first-order valence-electron chi connectivity index (χ1n) is 6.50. The molecule has 1 aromatic carbocycles. The lowest BCUT2D eigenvalue weighted by atomic mass is 10.1. The van der Waals surface area contributed by atoms with Gasteiger partial charge in [0.25, 0.3) is 0 Å². The number of carbonyl (C=O) groups is 1. The number of thiazole rings is 1. The topological polar surface area (TPSA) is 48.4 Å². The van der Waals surface area contributed by atoms with Gasteiger partial charge in [-0.15, -0.1) is 11.3 Å². The lowest BCUT2D eigenvalue weighted by Gasteiger charge is -2.13. The van der Waals surface area contributed by atoms with Gasteiger partial charge in [0.15, 0.2) is 11.3 Å². The fourth-order valence-electron chi connectivity index (χ4n) is 1.91. The van der Waals surface area contributed by atoms with Gasteiger partial charge in [0, 0.05) is 10.9 Å². The van der Waals surface area contributed by atoms with Crippen LogP contribution < -0.4 is 9.47 Å². The predicted octanol–water partition coefficient (Wildman–Crippen LogP) is 3.73. The van der Waals surface area contributed by atoms with Gasteiger partial charge >= 0.3 is 0 Å². The van der Waals surface area contributed by atoms with Crippen LogP contribution in [0.25, 0.3) is 11.3 Å². The molecule has 0 unspecified atom stereocenters. The van der Waals surface area contributed by atoms with Crippen LogP contribution in [0.5, 0.6) is 11.5 Å². The van der Waals surface area contributed by atoms with Crippen molar-refractivity contribution in [2.24, 2.45) is 0 Å². The van der Waals surface area contributed by atoms with Gasteiger partial charge < -0.3 is 9.47 Å². The highest BCUT2D eigenvalue weighted by Crippen LogP contribution is 2.36. The lowest BCUT2D eigenvalue weighted by Crippen LogP contribution is -1.99. The van der Waals surface area contributed by atoms with Gasteiger partial charge in [-0.2, -0.15) is 0 Å². The molecule has 20 heavy (non-hydrogen) atoms. The molecule has 4 nitrogen and oxygen atoms in total. The summed E-state index contributed by atoms with van der Waals surface area (Å²) in [6.07, 6.45) is 0.756. The molecule has 1 aromatic heterocycles. The number of hydrogen-bond acceptors (Lipinski definition) is 5. The molecule has 0 radical (unpaired) electrons. The van der Waals surface area contributed by atoms with E-state index in [2.05, 4.69) is 4.98 Å². The Morgan fingerprint density at radius 3 is 2.50 bits per heavy atom. The van der Waals surface area contributed by atoms with E-state index in [4.69, 9.17) is 9.47 Å². The Balaban J connectivity index is 2.51. The van der Waals surface area contributed by atoms with E-state index in [1.807, 2.05) is 38.3 Å². The minimum absolute atomic E-state index is 0.459. The number of nitrogens with zero attached hydrogens (tertiary/aromatic N) is 1. The summed E-state index contributed by atoms with van der Waals surface area (Å²) >= 11 is 1.32. The Hall–Kier alpha value is -1.88. The molecule has 0 aliphatic carbocycles. The summed E-state index contributed by atoms with van der Waals surface area (Å²) in [6, 6.07) is 3.87. The molecule has 0 aliphatic heterocycles. The molecule has 0 bridgehead atoms. The Labute approximate surface area is 122 Å². The van der Waals surface area contributed by atoms with E-state index in [-0.39, 0.29) is 0 Å². The predicted molar refractivity (Wildman–Crippen MR) is 80.0 cm³/mol. The smallest absolute Gasteiger partial charge is 0.178 e. The highest BCUT2D eigenvalue weighted by Gasteiger charge is 2.14. The fraction of sp³-hybridized carbons (Fsp3) is 0.333. The molecule has 0 amide bonds. The van der Waals surface area contributed by atoms with Crippen LogP contribution in [0.4, 0.5) is 0 Å². The van der Waals surface area contributed by atoms with Crippen LogP contribution in [-0.4, -0.2) is 24.5 Å². The van der Waals surface area contributed by atoms with Gasteiger partial charge in [0.05, 0.1) is 18.9 Å². The number of benzene rings is 1. The van der Waals surface area contributed by atoms with Crippen molar-refractivity contribution in [3.05, 3.63) is 28.1 Å². The Bertz CT molecular complexity index is 607. The third-order valence-corrected chi connectivity index (χ3v) is 3.55. The monoisotopic (exact) mass is 291 g/mol. The highest BCUT2D eigenvalue weighted by atomic mass is 32.1. The zero-order valence-electron chi connectivity index (χ0n) is 11.8. The van der Waals surface area contributed by atoms with Crippen molar-refractivity contribution in [1.29, 1.82) is 0 Å². The van der Waals surface area contributed by atoms with E-state index < -0.39 is 0 Å². The standard InChI is InChI=1S/C15H17NO3S/c1-4-18-13-7-11(12-9-20-15(8-17)16-12)14(19-5-2)6-10(13)3/h6-9H,4-5H2,1-3H3. The minimum atomic E-state index is 0.459. The summed E-state index contributed by atoms with van der Waals surface area (Å²) in [5, 5.41) is 2.31. The highest BCUT2D eigenvalue weighted by molar-refractivity contribution is 7.11. The van der Waals surface area contributed by atoms with E-state index in [1.165, 1.54) is 11.3 Å². The van der Waals surface area contributed by atoms with E-state index >= 15 is 0 Å². The van der Waals surface area contributed by atoms with Crippen LogP contribution in [-0.2, 0) is 0 Å². The Morgan fingerprint density at radius 2 is 1.90 bits per heavy atom. The van der Waals surface area contributed by atoms with Gasteiger partial charge in [0.2, 0.25) is 0 Å². The van der Waals surface area contributed by atoms with Crippen LogP contribution in [0.1, 0.15) is 29.2 Å². The van der Waals surface area contributed by atoms with Gasteiger partial charge in [-0.1, -0.05) is 0 Å². The molecule has 0 saturated heterocycles. The Morgan fingerprint density at radius 1 is 1.20 bits per heavy atom. The molecule has 106 valence electrons. The second-order valence-electron chi connectivity index (χ2n) is 4.17. The summed E-state index contributed by atoms with van der Waals surface area (Å²) < 4.78 is 11.3. The van der Waals surface area contributed by atoms with Crippen LogP contribution in [0, 0.1) is 6.92 Å². The number of aldehydes is 1. The summed E-state index contributed by atoms with van der Waals surface area (Å²) in [4.78, 5) is 15.1. The number of hydrogen-bond donors (Lipinski definition) is 0. The van der Waals surface area contributed by atoms with Crippen molar-refractivity contribution in [3.8, 4) is 22.8 Å². The van der Waals surface area contributed by atoms with Crippen molar-refractivity contribution in [3.63, 3.8) is 0 Å². The number of aryl methyl sites for hydroxylation is 1. The number of rotatable bonds is 6. The molecule has 0 spiro atoms. The molecule has 0 aliphatic rings. The van der Waals surface area contributed by atoms with Gasteiger partial charge in [-0.25, -0.2) is 4.98 Å². The van der Waals surface area contributed by atoms with Crippen LogP contribution in [0.2, 0.25) is 0 Å². The van der Waals surface area contributed by atoms with Crippen molar-refractivity contribution in [2.75, 3.05) is 13.2 Å². The SMILES string of the molecule is CCOc1cc(-c2csc(C=O)n2)c(OCC)cc1C. The average molecular weight is 291 g/mol. The lowest BCUT2D eigenvalue weighted by molar-refractivity contribution is 0.112. The van der Waals surface area contributed by atoms with Crippen molar-refractivity contribution in [1.82, 2.24) is 4.98 Å². The molecule has 5 heteroatoms. The Kier molecular flexibility index (Phi) is 4.74. The molecule has 1 heterocycles. The van der Waals surface area contributed by atoms with Crippen molar-refractivity contribution in [2.45, 2.75) is 20.8 Å². The second-order valence-corrected chi connectivity index (χ2v) is 5.06. The second kappa shape index (κ2) is 6.52. The van der Waals surface area contributed by atoms with Crippen molar-refractivity contribution < 1.29 is 14.3 Å². The molecule has 0 atom stereocenters. The van der Waals surface area contributed by atoms with E-state index in [1.54, 1.807) is 0 Å². The molecule has 0 saturated carbocycles. The van der Waals surface area contributed by atoms with E-state index in [9.17, 15) is 4.79 Å². The number of carbonyl (C=O) groups excluding carboxylic acids is 1. The molecule has 2 rings (SSSR count). The summed E-state index contributed by atoms with van der Waals surface area (Å²) in [5.41, 5.74) is 2.61. The zero-order valence-corrected chi connectivity index (χ0v) is 12.6. The average Bonchev–Trinajstić information content (AvgIpc) is 2.91. The first-order valence-corrected chi connectivity index (χ1v) is 7.38. The maximum absolute atomic E-state index is 10.8. The molecular weight excluding hydrogens is 274 g/mol. The van der Waals surface area contributed by atoms with Crippen LogP contribution in [0.15, 0.2) is 17.5 Å². The maximum atomic E-state index is 10.8. The van der Waals surface area contributed by atoms with Crippen LogP contribution >= 0.6 is 11.3 Å². The van der Waals surface area contributed by atoms with E-state index in [0.29, 0.717) is 18.2 Å². The third kappa shape index (κ3) is 2.99. The van der Waals surface area contributed by atoms with Crippen LogP contribution in [0.3, 0.4) is 0 Å². The number of aromatic nitrogens is 1. The maximum Gasteiger partial charge on any atom is 0.178 e. The first-order chi connectivity index (χ1) is 9.69. The number of ether oxygens (including phenoxy) is 2. The normalized spacial score (nSPS) is 10.3. The summed E-state index contributed by atoms with van der Waals surface area (Å²) in [7, 11) is 0. The summed E-state index contributed by atoms with van der Waals surface area (Å²) in [5.74, 6) is 1.57. The molecule has 2 aromatic rings. The fourth-order valence-corrected chi connectivity index (χ4v) is 2.53. The van der Waals surface area contributed by atoms with Gasteiger partial charge in [-0.05, 0) is 38.5 Å². The molecule has 0 fully saturated rings. The third-order valence-electron chi connectivity index (χ3n) is 2.78. The molecule has 0 N–H and O–H groups in total. The largest absolute Gasteiger partial charge is 0.494 e. The quantitative estimate of drug-likeness (QED) is 0.761. The first kappa shape index (κ1) is 14.5. The minimum Gasteiger partial charge on any atom is -0.494 e.